The molecule has 1 saturated heterocycles. The topological polar surface area (TPSA) is 57.7 Å². The number of rotatable bonds is 6. The van der Waals surface area contributed by atoms with Gasteiger partial charge in [-0.3, -0.25) is 4.79 Å². The number of carbonyl (C=O) groups is 1. The Kier molecular flexibility index (Phi) is 7.14. The van der Waals surface area contributed by atoms with Crippen molar-refractivity contribution in [1.82, 2.24) is 9.21 Å². The number of amides is 1. The number of hydrogen-bond donors (Lipinski definition) is 0. The van der Waals surface area contributed by atoms with Crippen molar-refractivity contribution < 1.29 is 13.2 Å². The van der Waals surface area contributed by atoms with Crippen molar-refractivity contribution in [3.63, 3.8) is 0 Å². The Morgan fingerprint density at radius 3 is 2.24 bits per heavy atom. The third-order valence-corrected chi connectivity index (χ3v) is 7.27. The average Bonchev–Trinajstić information content (AvgIpc) is 2.54. The Morgan fingerprint density at radius 2 is 1.72 bits per heavy atom. The number of sulfonamides is 1. The number of benzene rings is 1. The first-order valence-electron chi connectivity index (χ1n) is 8.49. The van der Waals surface area contributed by atoms with E-state index in [1.807, 2.05) is 0 Å². The minimum Gasteiger partial charge on any atom is -0.340 e. The molecular weight excluding hydrogens is 383 g/mol. The standard InChI is InChI=1S/C17H24Cl2N2O3S/c1-3-5-13(2)12-16(22)20-8-10-21(11-9-20)25(23,24)17-14(18)6-4-7-15(17)19/h4,6-7,13H,3,5,8-12H2,1-2H3. The molecule has 25 heavy (non-hydrogen) atoms. The van der Waals surface area contributed by atoms with Crippen LogP contribution in [0.4, 0.5) is 0 Å². The van der Waals surface area contributed by atoms with Gasteiger partial charge in [0.15, 0.2) is 0 Å². The zero-order valence-electron chi connectivity index (χ0n) is 14.5. The minimum atomic E-state index is -3.77. The van der Waals surface area contributed by atoms with Crippen molar-refractivity contribution in [2.24, 2.45) is 5.92 Å². The van der Waals surface area contributed by atoms with Gasteiger partial charge in [-0.15, -0.1) is 0 Å². The second kappa shape index (κ2) is 8.71. The largest absolute Gasteiger partial charge is 0.340 e. The molecular formula is C17H24Cl2N2O3S. The van der Waals surface area contributed by atoms with Crippen molar-refractivity contribution in [2.75, 3.05) is 26.2 Å². The van der Waals surface area contributed by atoms with Gasteiger partial charge in [0.05, 0.1) is 10.0 Å². The van der Waals surface area contributed by atoms with Crippen molar-refractivity contribution in [1.29, 1.82) is 0 Å². The van der Waals surface area contributed by atoms with Gasteiger partial charge in [-0.05, 0) is 18.1 Å². The van der Waals surface area contributed by atoms with E-state index in [1.165, 1.54) is 16.4 Å². The quantitative estimate of drug-likeness (QED) is 0.723. The van der Waals surface area contributed by atoms with Crippen LogP contribution in [0.3, 0.4) is 0 Å². The van der Waals surface area contributed by atoms with Crippen LogP contribution in [0.1, 0.15) is 33.1 Å². The third-order valence-electron chi connectivity index (χ3n) is 4.41. The second-order valence-electron chi connectivity index (χ2n) is 6.43. The second-order valence-corrected chi connectivity index (χ2v) is 9.12. The Hall–Kier alpha value is -0.820. The van der Waals surface area contributed by atoms with Gasteiger partial charge in [0.2, 0.25) is 15.9 Å². The lowest BCUT2D eigenvalue weighted by molar-refractivity contribution is -0.133. The summed E-state index contributed by atoms with van der Waals surface area (Å²) in [5, 5.41) is 0.221. The molecule has 0 spiro atoms. The Balaban J connectivity index is 2.03. The van der Waals surface area contributed by atoms with E-state index in [9.17, 15) is 13.2 Å². The maximum atomic E-state index is 12.8. The number of carbonyl (C=O) groups excluding carboxylic acids is 1. The van der Waals surface area contributed by atoms with E-state index in [4.69, 9.17) is 23.2 Å². The molecule has 8 heteroatoms. The first kappa shape index (κ1) is 20.5. The summed E-state index contributed by atoms with van der Waals surface area (Å²) in [6.07, 6.45) is 2.58. The van der Waals surface area contributed by atoms with Crippen LogP contribution >= 0.6 is 23.2 Å². The number of piperazine rings is 1. The molecule has 1 aromatic rings. The molecule has 1 atom stereocenters. The predicted octanol–water partition coefficient (Wildman–Crippen LogP) is 3.65. The molecule has 0 N–H and O–H groups in total. The summed E-state index contributed by atoms with van der Waals surface area (Å²) < 4.78 is 27.0. The van der Waals surface area contributed by atoms with Crippen LogP contribution in [-0.2, 0) is 14.8 Å². The van der Waals surface area contributed by atoms with Crippen LogP contribution in [-0.4, -0.2) is 49.7 Å². The van der Waals surface area contributed by atoms with Gasteiger partial charge in [0.25, 0.3) is 0 Å². The fourth-order valence-electron chi connectivity index (χ4n) is 3.06. The SMILES string of the molecule is CCCC(C)CC(=O)N1CCN(S(=O)(=O)c2c(Cl)cccc2Cl)CC1. The van der Waals surface area contributed by atoms with Crippen LogP contribution < -0.4 is 0 Å². The molecule has 2 rings (SSSR count). The Bertz CT molecular complexity index is 696. The molecule has 5 nitrogen and oxygen atoms in total. The van der Waals surface area contributed by atoms with Gasteiger partial charge in [0.1, 0.15) is 4.90 Å². The normalized spacial score (nSPS) is 17.5. The highest BCUT2D eigenvalue weighted by Crippen LogP contribution is 2.32. The molecule has 1 amide bonds. The minimum absolute atomic E-state index is 0.0605. The van der Waals surface area contributed by atoms with Gasteiger partial charge >= 0.3 is 0 Å². The lowest BCUT2D eigenvalue weighted by Crippen LogP contribution is -2.50. The molecule has 1 heterocycles. The molecule has 1 aliphatic heterocycles. The summed E-state index contributed by atoms with van der Waals surface area (Å²) in [4.78, 5) is 14.0. The Labute approximate surface area is 159 Å². The summed E-state index contributed by atoms with van der Waals surface area (Å²) in [7, 11) is -3.77. The lowest BCUT2D eigenvalue weighted by Gasteiger charge is -2.34. The van der Waals surface area contributed by atoms with E-state index >= 15 is 0 Å². The highest BCUT2D eigenvalue weighted by molar-refractivity contribution is 7.89. The summed E-state index contributed by atoms with van der Waals surface area (Å²) in [6, 6.07) is 4.63. The number of halogens is 2. The van der Waals surface area contributed by atoms with Crippen molar-refractivity contribution in [2.45, 2.75) is 38.0 Å². The van der Waals surface area contributed by atoms with Crippen LogP contribution in [0.15, 0.2) is 23.1 Å². The lowest BCUT2D eigenvalue weighted by atomic mass is 10.0. The van der Waals surface area contributed by atoms with E-state index in [0.29, 0.717) is 25.4 Å². The Morgan fingerprint density at radius 1 is 1.16 bits per heavy atom. The summed E-state index contributed by atoms with van der Waals surface area (Å²) in [6.45, 7) is 5.44. The molecule has 1 fully saturated rings. The van der Waals surface area contributed by atoms with Crippen molar-refractivity contribution in [3.05, 3.63) is 28.2 Å². The van der Waals surface area contributed by atoms with E-state index in [-0.39, 0.29) is 33.9 Å². The third kappa shape index (κ3) is 4.88. The highest BCUT2D eigenvalue weighted by Gasteiger charge is 2.33. The zero-order chi connectivity index (χ0) is 18.6. The maximum absolute atomic E-state index is 12.8. The van der Waals surface area contributed by atoms with Crippen LogP contribution in [0.25, 0.3) is 0 Å². The van der Waals surface area contributed by atoms with Gasteiger partial charge < -0.3 is 4.90 Å². The fourth-order valence-corrected chi connectivity index (χ4v) is 5.57. The van der Waals surface area contributed by atoms with Gasteiger partial charge in [-0.25, -0.2) is 8.42 Å². The fraction of sp³-hybridized carbons (Fsp3) is 0.588. The molecule has 1 aliphatic rings. The smallest absolute Gasteiger partial charge is 0.246 e. The number of nitrogens with zero attached hydrogens (tertiary/aromatic N) is 2. The first-order chi connectivity index (χ1) is 11.8. The van der Waals surface area contributed by atoms with Crippen LogP contribution in [0, 0.1) is 5.92 Å². The molecule has 140 valence electrons. The van der Waals surface area contributed by atoms with Gasteiger partial charge in [-0.1, -0.05) is 56.0 Å². The van der Waals surface area contributed by atoms with Crippen molar-refractivity contribution in [3.8, 4) is 0 Å². The summed E-state index contributed by atoms with van der Waals surface area (Å²) in [5.74, 6) is 0.440. The molecule has 0 aromatic heterocycles. The molecule has 0 bridgehead atoms. The van der Waals surface area contributed by atoms with Crippen molar-refractivity contribution >= 4 is 39.1 Å². The number of hydrogen-bond acceptors (Lipinski definition) is 3. The van der Waals surface area contributed by atoms with E-state index < -0.39 is 10.0 Å². The van der Waals surface area contributed by atoms with E-state index in [0.717, 1.165) is 12.8 Å². The van der Waals surface area contributed by atoms with Crippen LogP contribution in [0.5, 0.6) is 0 Å². The van der Waals surface area contributed by atoms with Gasteiger partial charge in [-0.2, -0.15) is 4.31 Å². The van der Waals surface area contributed by atoms with E-state index in [2.05, 4.69) is 13.8 Å². The predicted molar refractivity (Wildman–Crippen MR) is 100 cm³/mol. The summed E-state index contributed by atoms with van der Waals surface area (Å²) in [5.41, 5.74) is 0. The van der Waals surface area contributed by atoms with E-state index in [1.54, 1.807) is 11.0 Å². The van der Waals surface area contributed by atoms with Crippen LogP contribution in [0.2, 0.25) is 10.0 Å². The monoisotopic (exact) mass is 406 g/mol. The highest BCUT2D eigenvalue weighted by atomic mass is 35.5. The average molecular weight is 407 g/mol. The molecule has 1 unspecified atom stereocenters. The molecule has 0 saturated carbocycles. The molecule has 0 aliphatic carbocycles. The first-order valence-corrected chi connectivity index (χ1v) is 10.7. The summed E-state index contributed by atoms with van der Waals surface area (Å²) >= 11 is 12.1. The maximum Gasteiger partial charge on any atom is 0.246 e. The molecule has 1 aromatic carbocycles. The zero-order valence-corrected chi connectivity index (χ0v) is 16.9. The molecule has 0 radical (unpaired) electrons. The van der Waals surface area contributed by atoms with Gasteiger partial charge in [0, 0.05) is 32.6 Å².